The standard InChI is InChI=1S/C34H27F3N2O5S.C25H20F3NO4S/c35-34(36,37)25-10-6-24(7-11-25)31-15-14-28(45-31)21-42-27-12-8-23(9-13-27)29(30-16-17-44-38-30)19-32(40)39-26(20-43-33(39)41)18-22-4-2-1-3-5-22;1-31-24(30)14-21(22-12-13-33-29-22)16-4-8-19(9-5-16)32-15-20-10-11-23(34-20)17-2-6-18(7-3-17)25(26,27)28/h1-17,26,29H,18-21H2;2-13,21H,14-15H2,1H3/t26-,29-;21-/m00/s1. The van der Waals surface area contributed by atoms with Crippen molar-refractivity contribution in [1.29, 1.82) is 0 Å². The Bertz CT molecular complexity index is 3400. The average Bonchev–Trinajstić information content (AvgIpc) is 4.35. The predicted molar refractivity (Wildman–Crippen MR) is 281 cm³/mol. The minimum absolute atomic E-state index is 0.0188. The van der Waals surface area contributed by atoms with E-state index in [1.165, 1.54) is 71.5 Å². The fourth-order valence-corrected chi connectivity index (χ4v) is 10.5. The number of thiophene rings is 2. The Morgan fingerprint density at radius 2 is 1.08 bits per heavy atom. The highest BCUT2D eigenvalue weighted by Gasteiger charge is 2.39. The van der Waals surface area contributed by atoms with E-state index in [1.54, 1.807) is 24.3 Å². The number of imide groups is 1. The highest BCUT2D eigenvalue weighted by molar-refractivity contribution is 7.15. The van der Waals surface area contributed by atoms with Crippen molar-refractivity contribution in [3.05, 3.63) is 225 Å². The number of carbonyl (C=O) groups is 3. The second kappa shape index (κ2) is 24.9. The van der Waals surface area contributed by atoms with Crippen molar-refractivity contribution in [1.82, 2.24) is 15.2 Å². The maximum atomic E-state index is 13.5. The molecule has 1 saturated heterocycles. The zero-order valence-corrected chi connectivity index (χ0v) is 43.5. The lowest BCUT2D eigenvalue weighted by molar-refractivity contribution is -0.141. The molecule has 0 aliphatic carbocycles. The SMILES string of the molecule is COC(=O)C[C@@H](c1ccc(OCc2ccc(-c3ccc(C(F)(F)F)cc3)s2)cc1)c1ccon1.O=C(C[C@@H](c1ccc(OCc2ccc(-c3ccc(C(F)(F)F)cc3)s2)cc1)c1ccon1)N1C(=O)OC[C@@H]1Cc1ccccc1. The van der Waals surface area contributed by atoms with E-state index in [-0.39, 0.29) is 43.8 Å². The molecule has 1 aliphatic rings. The number of nitrogens with zero attached hydrogens (tertiary/aromatic N) is 3. The molecular weight excluding hydrogens is 1070 g/mol. The van der Waals surface area contributed by atoms with Crippen LogP contribution in [0, 0.1) is 0 Å². The molecule has 79 heavy (non-hydrogen) atoms. The number of halogens is 6. The molecule has 0 radical (unpaired) electrons. The molecule has 2 amide bonds. The average molecular weight is 1120 g/mol. The first-order chi connectivity index (χ1) is 38.1. The van der Waals surface area contributed by atoms with Crippen LogP contribution in [0.25, 0.3) is 20.9 Å². The van der Waals surface area contributed by atoms with Gasteiger partial charge in [-0.05, 0) is 107 Å². The van der Waals surface area contributed by atoms with E-state index in [0.29, 0.717) is 41.5 Å². The smallest absolute Gasteiger partial charge is 0.416 e. The molecule has 406 valence electrons. The molecule has 0 saturated carbocycles. The third-order valence-electron chi connectivity index (χ3n) is 12.8. The van der Waals surface area contributed by atoms with Crippen LogP contribution in [0.4, 0.5) is 31.1 Å². The number of hydrogen-bond acceptors (Lipinski definition) is 13. The topological polar surface area (TPSA) is 143 Å². The zero-order valence-electron chi connectivity index (χ0n) is 41.8. The molecule has 20 heteroatoms. The van der Waals surface area contributed by atoms with E-state index in [9.17, 15) is 40.7 Å². The summed E-state index contributed by atoms with van der Waals surface area (Å²) in [5, 5.41) is 8.03. The normalized spacial score (nSPS) is 14.2. The number of amides is 2. The van der Waals surface area contributed by atoms with Crippen molar-refractivity contribution in [2.45, 2.75) is 62.7 Å². The lowest BCUT2D eigenvalue weighted by Crippen LogP contribution is -2.40. The summed E-state index contributed by atoms with van der Waals surface area (Å²) in [6, 6.07) is 44.9. The zero-order chi connectivity index (χ0) is 55.5. The van der Waals surface area contributed by atoms with Crippen LogP contribution in [0.1, 0.15) is 73.6 Å². The van der Waals surface area contributed by atoms with Gasteiger partial charge in [0.25, 0.3) is 0 Å². The molecule has 5 aromatic carbocycles. The second-order valence-electron chi connectivity index (χ2n) is 18.0. The first-order valence-corrected chi connectivity index (χ1v) is 26.1. The van der Waals surface area contributed by atoms with Gasteiger partial charge in [0, 0.05) is 49.9 Å². The Hall–Kier alpha value is -8.49. The van der Waals surface area contributed by atoms with Gasteiger partial charge in [0.2, 0.25) is 5.91 Å². The summed E-state index contributed by atoms with van der Waals surface area (Å²) in [5.41, 5.74) is 3.91. The van der Waals surface area contributed by atoms with Crippen LogP contribution in [0.2, 0.25) is 0 Å². The number of carbonyl (C=O) groups excluding carboxylic acids is 3. The van der Waals surface area contributed by atoms with Crippen LogP contribution in [0.15, 0.2) is 185 Å². The number of rotatable bonds is 18. The van der Waals surface area contributed by atoms with Gasteiger partial charge >= 0.3 is 24.4 Å². The lowest BCUT2D eigenvalue weighted by Gasteiger charge is -2.22. The molecule has 10 rings (SSSR count). The summed E-state index contributed by atoms with van der Waals surface area (Å²) in [6.07, 6.45) is -5.88. The monoisotopic (exact) mass is 1120 g/mol. The minimum Gasteiger partial charge on any atom is -0.488 e. The van der Waals surface area contributed by atoms with E-state index >= 15 is 0 Å². The summed E-state index contributed by atoms with van der Waals surface area (Å²) >= 11 is 2.90. The highest BCUT2D eigenvalue weighted by Crippen LogP contribution is 2.37. The third kappa shape index (κ3) is 14.4. The van der Waals surface area contributed by atoms with Gasteiger partial charge in [-0.25, -0.2) is 9.69 Å². The summed E-state index contributed by atoms with van der Waals surface area (Å²) in [4.78, 5) is 42.7. The number of esters is 1. The van der Waals surface area contributed by atoms with Crippen molar-refractivity contribution in [2.75, 3.05) is 13.7 Å². The molecule has 0 unspecified atom stereocenters. The number of cyclic esters (lactones) is 1. The summed E-state index contributed by atoms with van der Waals surface area (Å²) in [6.45, 7) is 0.728. The maximum absolute atomic E-state index is 13.5. The van der Waals surface area contributed by atoms with Crippen molar-refractivity contribution < 1.29 is 68.7 Å². The number of methoxy groups -OCH3 is 1. The van der Waals surface area contributed by atoms with E-state index in [0.717, 1.165) is 66.0 Å². The lowest BCUT2D eigenvalue weighted by atomic mass is 9.91. The molecule has 4 aromatic heterocycles. The van der Waals surface area contributed by atoms with E-state index < -0.39 is 41.5 Å². The number of aromatic nitrogens is 2. The molecule has 0 bridgehead atoms. The maximum Gasteiger partial charge on any atom is 0.416 e. The Morgan fingerprint density at radius 1 is 0.608 bits per heavy atom. The fourth-order valence-electron chi connectivity index (χ4n) is 8.68. The van der Waals surface area contributed by atoms with Gasteiger partial charge in [0.05, 0.1) is 42.1 Å². The highest BCUT2D eigenvalue weighted by atomic mass is 32.1. The molecule has 0 N–H and O–H groups in total. The summed E-state index contributed by atoms with van der Waals surface area (Å²) in [7, 11) is 1.34. The van der Waals surface area contributed by atoms with Crippen LogP contribution in [0.5, 0.6) is 11.5 Å². The van der Waals surface area contributed by atoms with E-state index in [2.05, 4.69) is 10.3 Å². The quantitative estimate of drug-likeness (QED) is 0.0598. The van der Waals surface area contributed by atoms with Crippen LogP contribution in [-0.4, -0.2) is 52.9 Å². The Balaban J connectivity index is 0.000000199. The summed E-state index contributed by atoms with van der Waals surface area (Å²) in [5.74, 6) is -0.253. The second-order valence-corrected chi connectivity index (χ2v) is 20.4. The summed E-state index contributed by atoms with van der Waals surface area (Å²) < 4.78 is 109. The van der Waals surface area contributed by atoms with Crippen molar-refractivity contribution in [3.8, 4) is 32.4 Å². The number of hydrogen-bond donors (Lipinski definition) is 0. The molecule has 0 spiro atoms. The number of ether oxygens (including phenoxy) is 4. The molecule has 1 aliphatic heterocycles. The molecule has 12 nitrogen and oxygen atoms in total. The number of alkyl halides is 6. The predicted octanol–water partition coefficient (Wildman–Crippen LogP) is 14.8. The Morgan fingerprint density at radius 3 is 1.51 bits per heavy atom. The Kier molecular flexibility index (Phi) is 17.4. The van der Waals surface area contributed by atoms with Gasteiger partial charge < -0.3 is 28.0 Å². The van der Waals surface area contributed by atoms with Gasteiger partial charge in [-0.1, -0.05) is 89.2 Å². The molecular formula is C59H47F6N3O9S2. The van der Waals surface area contributed by atoms with Gasteiger partial charge in [0.1, 0.15) is 43.8 Å². The van der Waals surface area contributed by atoms with Crippen LogP contribution >= 0.6 is 22.7 Å². The van der Waals surface area contributed by atoms with Crippen molar-refractivity contribution >= 4 is 40.6 Å². The van der Waals surface area contributed by atoms with E-state index in [4.69, 9.17) is 28.0 Å². The van der Waals surface area contributed by atoms with Crippen LogP contribution < -0.4 is 9.47 Å². The largest absolute Gasteiger partial charge is 0.488 e. The Labute approximate surface area is 456 Å². The first kappa shape index (κ1) is 55.3. The first-order valence-electron chi connectivity index (χ1n) is 24.5. The molecule has 5 heterocycles. The van der Waals surface area contributed by atoms with Gasteiger partial charge in [-0.3, -0.25) is 9.59 Å². The number of benzene rings is 5. The molecule has 9 aromatic rings. The van der Waals surface area contributed by atoms with Crippen molar-refractivity contribution in [3.63, 3.8) is 0 Å². The minimum atomic E-state index is -4.37. The third-order valence-corrected chi connectivity index (χ3v) is 15.0. The molecule has 1 fully saturated rings. The van der Waals surface area contributed by atoms with Gasteiger partial charge in [0.15, 0.2) is 0 Å². The van der Waals surface area contributed by atoms with Crippen LogP contribution in [0.3, 0.4) is 0 Å². The van der Waals surface area contributed by atoms with Gasteiger partial charge in [-0.2, -0.15) is 26.3 Å². The van der Waals surface area contributed by atoms with Gasteiger partial charge in [-0.15, -0.1) is 22.7 Å². The fraction of sp³-hybridized carbons (Fsp3) is 0.203. The van der Waals surface area contributed by atoms with Crippen molar-refractivity contribution in [2.24, 2.45) is 0 Å². The van der Waals surface area contributed by atoms with Crippen LogP contribution in [-0.2, 0) is 51.0 Å². The van der Waals surface area contributed by atoms with E-state index in [1.807, 2.05) is 91.0 Å². The molecule has 3 atom stereocenters.